The van der Waals surface area contributed by atoms with E-state index in [2.05, 4.69) is 15.3 Å². The number of aromatic nitrogens is 4. The maximum absolute atomic E-state index is 6.14. The largest absolute Gasteiger partial charge is 0.383 e. The molecule has 0 spiro atoms. The Balaban J connectivity index is 2.25. The van der Waals surface area contributed by atoms with Crippen molar-refractivity contribution in [3.8, 4) is 22.4 Å². The van der Waals surface area contributed by atoms with Gasteiger partial charge in [0.1, 0.15) is 11.5 Å². The standard InChI is InChI=1S/C14H13N5/c1-19-14(15)12(10-5-3-2-4-6-10)13(18-19)11-7-8-16-17-9-11/h2-9H,15H2,1H3. The first-order chi connectivity index (χ1) is 9.27. The number of nitrogens with two attached hydrogens (primary N) is 1. The maximum Gasteiger partial charge on any atom is 0.129 e. The fraction of sp³-hybridized carbons (Fsp3) is 0.0714. The summed E-state index contributed by atoms with van der Waals surface area (Å²) in [6, 6.07) is 11.9. The molecule has 2 heterocycles. The summed E-state index contributed by atoms with van der Waals surface area (Å²) in [4.78, 5) is 0. The zero-order valence-corrected chi connectivity index (χ0v) is 10.5. The number of hydrogen-bond donors (Lipinski definition) is 1. The minimum absolute atomic E-state index is 0.637. The van der Waals surface area contributed by atoms with Gasteiger partial charge in [-0.2, -0.15) is 15.3 Å². The van der Waals surface area contributed by atoms with Gasteiger partial charge in [-0.3, -0.25) is 4.68 Å². The second kappa shape index (κ2) is 4.53. The molecule has 0 aliphatic carbocycles. The van der Waals surface area contributed by atoms with Crippen LogP contribution in [0.3, 0.4) is 0 Å². The summed E-state index contributed by atoms with van der Waals surface area (Å²) in [6.07, 6.45) is 3.34. The molecule has 19 heavy (non-hydrogen) atoms. The van der Waals surface area contributed by atoms with Crippen LogP contribution < -0.4 is 5.73 Å². The van der Waals surface area contributed by atoms with E-state index in [1.807, 2.05) is 43.4 Å². The van der Waals surface area contributed by atoms with Gasteiger partial charge in [0, 0.05) is 12.6 Å². The third-order valence-corrected chi connectivity index (χ3v) is 3.01. The van der Waals surface area contributed by atoms with Crippen LogP contribution in [0, 0.1) is 0 Å². The highest BCUT2D eigenvalue weighted by atomic mass is 15.3. The third kappa shape index (κ3) is 1.95. The van der Waals surface area contributed by atoms with Crippen molar-refractivity contribution in [2.45, 2.75) is 0 Å². The van der Waals surface area contributed by atoms with Gasteiger partial charge in [0.05, 0.1) is 18.0 Å². The van der Waals surface area contributed by atoms with E-state index in [9.17, 15) is 0 Å². The molecule has 0 fully saturated rings. The van der Waals surface area contributed by atoms with Gasteiger partial charge in [-0.1, -0.05) is 30.3 Å². The summed E-state index contributed by atoms with van der Waals surface area (Å²) in [7, 11) is 1.83. The number of benzene rings is 1. The Kier molecular flexibility index (Phi) is 2.72. The summed E-state index contributed by atoms with van der Waals surface area (Å²) >= 11 is 0. The summed E-state index contributed by atoms with van der Waals surface area (Å²) in [5.41, 5.74) is 9.83. The fourth-order valence-electron chi connectivity index (χ4n) is 2.06. The van der Waals surface area contributed by atoms with Crippen LogP contribution in [0.1, 0.15) is 0 Å². The molecule has 0 bridgehead atoms. The lowest BCUT2D eigenvalue weighted by Gasteiger charge is -2.03. The van der Waals surface area contributed by atoms with E-state index in [-0.39, 0.29) is 0 Å². The van der Waals surface area contributed by atoms with E-state index in [0.717, 1.165) is 22.4 Å². The lowest BCUT2D eigenvalue weighted by atomic mass is 10.0. The Morgan fingerprint density at radius 3 is 2.47 bits per heavy atom. The van der Waals surface area contributed by atoms with Crippen molar-refractivity contribution in [3.05, 3.63) is 48.8 Å². The minimum atomic E-state index is 0.637. The number of aryl methyl sites for hydroxylation is 1. The Bertz CT molecular complexity index is 689. The predicted octanol–water partition coefficient (Wildman–Crippen LogP) is 2.13. The van der Waals surface area contributed by atoms with Gasteiger partial charge in [-0.15, -0.1) is 0 Å². The molecule has 0 atom stereocenters. The fourth-order valence-corrected chi connectivity index (χ4v) is 2.06. The molecule has 5 heteroatoms. The van der Waals surface area contributed by atoms with E-state index in [0.29, 0.717) is 5.82 Å². The highest BCUT2D eigenvalue weighted by Gasteiger charge is 2.17. The maximum atomic E-state index is 6.14. The average Bonchev–Trinajstić information content (AvgIpc) is 2.77. The van der Waals surface area contributed by atoms with Gasteiger partial charge in [0.15, 0.2) is 0 Å². The van der Waals surface area contributed by atoms with Crippen LogP contribution in [0.25, 0.3) is 22.4 Å². The Morgan fingerprint density at radius 1 is 1.00 bits per heavy atom. The van der Waals surface area contributed by atoms with Crippen molar-refractivity contribution in [2.24, 2.45) is 7.05 Å². The molecule has 2 aromatic heterocycles. The van der Waals surface area contributed by atoms with Crippen molar-refractivity contribution in [2.75, 3.05) is 5.73 Å². The molecule has 0 unspecified atom stereocenters. The van der Waals surface area contributed by atoms with Crippen molar-refractivity contribution in [3.63, 3.8) is 0 Å². The van der Waals surface area contributed by atoms with Crippen molar-refractivity contribution in [1.29, 1.82) is 0 Å². The van der Waals surface area contributed by atoms with Crippen LogP contribution in [-0.4, -0.2) is 20.0 Å². The highest BCUT2D eigenvalue weighted by molar-refractivity contribution is 5.87. The zero-order valence-electron chi connectivity index (χ0n) is 10.5. The molecule has 0 saturated carbocycles. The van der Waals surface area contributed by atoms with Crippen LogP contribution in [-0.2, 0) is 7.05 Å². The minimum Gasteiger partial charge on any atom is -0.383 e. The number of anilines is 1. The van der Waals surface area contributed by atoms with Gasteiger partial charge in [-0.25, -0.2) is 0 Å². The van der Waals surface area contributed by atoms with Crippen molar-refractivity contribution in [1.82, 2.24) is 20.0 Å². The van der Waals surface area contributed by atoms with E-state index in [1.165, 1.54) is 0 Å². The summed E-state index contributed by atoms with van der Waals surface area (Å²) in [5.74, 6) is 0.637. The van der Waals surface area contributed by atoms with E-state index < -0.39 is 0 Å². The molecule has 0 aliphatic rings. The number of nitrogen functional groups attached to an aromatic ring is 1. The first kappa shape index (κ1) is 11.4. The summed E-state index contributed by atoms with van der Waals surface area (Å²) < 4.78 is 1.68. The number of nitrogens with zero attached hydrogens (tertiary/aromatic N) is 4. The van der Waals surface area contributed by atoms with E-state index in [4.69, 9.17) is 5.73 Å². The SMILES string of the molecule is Cn1nc(-c2ccnnc2)c(-c2ccccc2)c1N. The molecular weight excluding hydrogens is 238 g/mol. The summed E-state index contributed by atoms with van der Waals surface area (Å²) in [5, 5.41) is 12.2. The lowest BCUT2D eigenvalue weighted by Crippen LogP contribution is -1.97. The molecule has 0 saturated heterocycles. The second-order valence-corrected chi connectivity index (χ2v) is 4.23. The molecule has 0 amide bonds. The molecule has 0 radical (unpaired) electrons. The van der Waals surface area contributed by atoms with Gasteiger partial charge in [-0.05, 0) is 11.6 Å². The van der Waals surface area contributed by atoms with Gasteiger partial charge in [0.2, 0.25) is 0 Å². The molecule has 3 aromatic rings. The average molecular weight is 251 g/mol. The van der Waals surface area contributed by atoms with Crippen LogP contribution in [0.5, 0.6) is 0 Å². The molecule has 5 nitrogen and oxygen atoms in total. The van der Waals surface area contributed by atoms with E-state index in [1.54, 1.807) is 17.1 Å². The zero-order chi connectivity index (χ0) is 13.2. The Labute approximate surface area is 110 Å². The monoisotopic (exact) mass is 251 g/mol. The topological polar surface area (TPSA) is 69.6 Å². The Hall–Kier alpha value is -2.69. The normalized spacial score (nSPS) is 10.6. The highest BCUT2D eigenvalue weighted by Crippen LogP contribution is 2.35. The van der Waals surface area contributed by atoms with E-state index >= 15 is 0 Å². The van der Waals surface area contributed by atoms with Crippen LogP contribution in [0.2, 0.25) is 0 Å². The number of hydrogen-bond acceptors (Lipinski definition) is 4. The van der Waals surface area contributed by atoms with Crippen LogP contribution in [0.15, 0.2) is 48.8 Å². The predicted molar refractivity (Wildman–Crippen MR) is 74.1 cm³/mol. The molecule has 3 rings (SSSR count). The number of rotatable bonds is 2. The van der Waals surface area contributed by atoms with Gasteiger partial charge in [0.25, 0.3) is 0 Å². The van der Waals surface area contributed by atoms with Gasteiger partial charge < -0.3 is 5.73 Å². The lowest BCUT2D eigenvalue weighted by molar-refractivity contribution is 0.782. The van der Waals surface area contributed by atoms with Gasteiger partial charge >= 0.3 is 0 Å². The molecule has 0 aliphatic heterocycles. The molecule has 94 valence electrons. The first-order valence-corrected chi connectivity index (χ1v) is 5.92. The summed E-state index contributed by atoms with van der Waals surface area (Å²) in [6.45, 7) is 0. The third-order valence-electron chi connectivity index (χ3n) is 3.01. The van der Waals surface area contributed by atoms with Crippen molar-refractivity contribution >= 4 is 5.82 Å². The second-order valence-electron chi connectivity index (χ2n) is 4.23. The Morgan fingerprint density at radius 2 is 1.79 bits per heavy atom. The van der Waals surface area contributed by atoms with Crippen LogP contribution >= 0.6 is 0 Å². The molecular formula is C14H13N5. The smallest absolute Gasteiger partial charge is 0.129 e. The molecule has 2 N–H and O–H groups in total. The molecule has 1 aromatic carbocycles. The first-order valence-electron chi connectivity index (χ1n) is 5.92. The van der Waals surface area contributed by atoms with Crippen LogP contribution in [0.4, 0.5) is 5.82 Å². The quantitative estimate of drug-likeness (QED) is 0.757. The van der Waals surface area contributed by atoms with Crippen molar-refractivity contribution < 1.29 is 0 Å².